The Morgan fingerprint density at radius 1 is 0.931 bits per heavy atom. The summed E-state index contributed by atoms with van der Waals surface area (Å²) in [5.74, 6) is 0.252. The van der Waals surface area contributed by atoms with E-state index in [-0.39, 0.29) is 5.97 Å². The van der Waals surface area contributed by atoms with E-state index in [2.05, 4.69) is 16.5 Å². The van der Waals surface area contributed by atoms with Crippen molar-refractivity contribution in [1.29, 1.82) is 0 Å². The lowest BCUT2D eigenvalue weighted by Gasteiger charge is -2.10. The molecular weight excluding hydrogens is 372 g/mol. The van der Waals surface area contributed by atoms with E-state index >= 15 is 0 Å². The molecule has 0 aliphatic carbocycles. The van der Waals surface area contributed by atoms with Crippen LogP contribution in [0.4, 0.5) is 0 Å². The predicted molar refractivity (Wildman–Crippen MR) is 112 cm³/mol. The second kappa shape index (κ2) is 15.7. The molecule has 0 saturated carbocycles. The lowest BCUT2D eigenvalue weighted by atomic mass is 10.2. The largest absolute Gasteiger partial charge is 0.477 e. The predicted octanol–water partition coefficient (Wildman–Crippen LogP) is 4.43. The maximum atomic E-state index is 11.3. The van der Waals surface area contributed by atoms with E-state index < -0.39 is 0 Å². The van der Waals surface area contributed by atoms with E-state index in [1.54, 1.807) is 20.2 Å². The Bertz CT molecular complexity index is 607. The number of unbranched alkanes of at least 4 members (excludes halogenated alkanes) is 6. The molecule has 0 unspecified atom stereocenters. The van der Waals surface area contributed by atoms with Crippen LogP contribution in [-0.4, -0.2) is 49.5 Å². The Morgan fingerprint density at radius 2 is 1.52 bits per heavy atom. The Morgan fingerprint density at radius 3 is 2.14 bits per heavy atom. The van der Waals surface area contributed by atoms with Crippen LogP contribution in [0.15, 0.2) is 18.3 Å². The lowest BCUT2D eigenvalue weighted by molar-refractivity contribution is -0.139. The molecule has 1 aromatic heterocycles. The van der Waals surface area contributed by atoms with Gasteiger partial charge in [0.2, 0.25) is 5.88 Å². The highest BCUT2D eigenvalue weighted by Crippen LogP contribution is 2.17. The first-order valence-electron chi connectivity index (χ1n) is 10.5. The van der Waals surface area contributed by atoms with Crippen molar-refractivity contribution in [2.75, 3.05) is 33.5 Å². The summed E-state index contributed by atoms with van der Waals surface area (Å²) < 4.78 is 21.5. The van der Waals surface area contributed by atoms with Gasteiger partial charge in [0, 0.05) is 31.1 Å². The highest BCUT2D eigenvalue weighted by molar-refractivity contribution is 5.86. The van der Waals surface area contributed by atoms with Gasteiger partial charge in [0.25, 0.3) is 0 Å². The van der Waals surface area contributed by atoms with Crippen LogP contribution in [0.25, 0.3) is 0 Å². The molecule has 1 aromatic rings. The minimum absolute atomic E-state index is 0.323. The molecule has 0 aliphatic rings. The van der Waals surface area contributed by atoms with Crippen molar-refractivity contribution >= 4 is 5.97 Å². The first-order valence-corrected chi connectivity index (χ1v) is 10.5. The average Bonchev–Trinajstić information content (AvgIpc) is 2.70. The molecular formula is C22H36N2O5. The SMILES string of the molecule is C=C(C)C(=O)OCCCCCCOc1nc(OCCCCCCOC)ncc1C. The van der Waals surface area contributed by atoms with Gasteiger partial charge in [-0.1, -0.05) is 13.0 Å². The zero-order valence-electron chi connectivity index (χ0n) is 18.2. The number of carbonyl (C=O) groups excluding carboxylic acids is 1. The number of carbonyl (C=O) groups is 1. The minimum atomic E-state index is -0.323. The van der Waals surface area contributed by atoms with E-state index in [1.807, 2.05) is 6.92 Å². The molecule has 0 saturated heterocycles. The quantitative estimate of drug-likeness (QED) is 0.214. The van der Waals surface area contributed by atoms with Crippen molar-refractivity contribution in [3.8, 4) is 11.9 Å². The molecule has 7 nitrogen and oxygen atoms in total. The molecule has 29 heavy (non-hydrogen) atoms. The first-order chi connectivity index (χ1) is 14.0. The van der Waals surface area contributed by atoms with E-state index in [9.17, 15) is 4.79 Å². The number of methoxy groups -OCH3 is 1. The molecule has 0 aromatic carbocycles. The number of hydrogen-bond donors (Lipinski definition) is 0. The van der Waals surface area contributed by atoms with Crippen LogP contribution in [0.2, 0.25) is 0 Å². The van der Waals surface area contributed by atoms with Crippen molar-refractivity contribution in [3.63, 3.8) is 0 Å². The number of aromatic nitrogens is 2. The molecule has 0 atom stereocenters. The van der Waals surface area contributed by atoms with E-state index in [1.165, 1.54) is 0 Å². The molecule has 164 valence electrons. The molecule has 0 N–H and O–H groups in total. The molecule has 1 heterocycles. The minimum Gasteiger partial charge on any atom is -0.477 e. The van der Waals surface area contributed by atoms with Gasteiger partial charge in [-0.2, -0.15) is 4.98 Å². The Hall–Kier alpha value is -2.15. The van der Waals surface area contributed by atoms with E-state index in [0.29, 0.717) is 37.3 Å². The lowest BCUT2D eigenvalue weighted by Crippen LogP contribution is -2.07. The summed E-state index contributed by atoms with van der Waals surface area (Å²) in [7, 11) is 1.72. The maximum Gasteiger partial charge on any atom is 0.333 e. The van der Waals surface area contributed by atoms with Gasteiger partial charge in [-0.3, -0.25) is 0 Å². The van der Waals surface area contributed by atoms with Gasteiger partial charge in [0.15, 0.2) is 0 Å². The maximum absolute atomic E-state index is 11.3. The molecule has 0 spiro atoms. The zero-order valence-corrected chi connectivity index (χ0v) is 18.2. The Labute approximate surface area is 174 Å². The van der Waals surface area contributed by atoms with Crippen LogP contribution >= 0.6 is 0 Å². The van der Waals surface area contributed by atoms with Crippen molar-refractivity contribution in [2.45, 2.75) is 65.2 Å². The fourth-order valence-corrected chi connectivity index (χ4v) is 2.51. The van der Waals surface area contributed by atoms with E-state index in [4.69, 9.17) is 18.9 Å². The normalized spacial score (nSPS) is 10.6. The molecule has 0 bridgehead atoms. The molecule has 1 rings (SSSR count). The van der Waals surface area contributed by atoms with Crippen LogP contribution in [0, 0.1) is 6.92 Å². The molecule has 0 aliphatic heterocycles. The van der Waals surface area contributed by atoms with E-state index in [0.717, 1.165) is 63.5 Å². The Balaban J connectivity index is 2.15. The van der Waals surface area contributed by atoms with Gasteiger partial charge in [0.1, 0.15) is 0 Å². The summed E-state index contributed by atoms with van der Waals surface area (Å²) >= 11 is 0. The van der Waals surface area contributed by atoms with Crippen molar-refractivity contribution in [1.82, 2.24) is 9.97 Å². The monoisotopic (exact) mass is 408 g/mol. The van der Waals surface area contributed by atoms with Crippen molar-refractivity contribution in [2.24, 2.45) is 0 Å². The Kier molecular flexibility index (Phi) is 13.5. The molecule has 0 amide bonds. The van der Waals surface area contributed by atoms with Gasteiger partial charge >= 0.3 is 12.0 Å². The first kappa shape index (κ1) is 24.9. The average molecular weight is 409 g/mol. The van der Waals surface area contributed by atoms with Crippen LogP contribution in [0.1, 0.15) is 63.9 Å². The highest BCUT2D eigenvalue weighted by atomic mass is 16.5. The fourth-order valence-electron chi connectivity index (χ4n) is 2.51. The third-order valence-electron chi connectivity index (χ3n) is 4.24. The number of rotatable bonds is 17. The highest BCUT2D eigenvalue weighted by Gasteiger charge is 2.06. The van der Waals surface area contributed by atoms with Crippen LogP contribution in [0.5, 0.6) is 11.9 Å². The number of ether oxygens (including phenoxy) is 4. The summed E-state index contributed by atoms with van der Waals surface area (Å²) in [4.78, 5) is 19.8. The third-order valence-corrected chi connectivity index (χ3v) is 4.24. The zero-order chi connectivity index (χ0) is 21.3. The summed E-state index contributed by atoms with van der Waals surface area (Å²) in [6, 6.07) is 0.363. The summed E-state index contributed by atoms with van der Waals surface area (Å²) in [5, 5.41) is 0. The van der Waals surface area contributed by atoms with Crippen LogP contribution in [-0.2, 0) is 14.3 Å². The third kappa shape index (κ3) is 12.1. The standard InChI is InChI=1S/C22H36N2O5/c1-18(2)21(25)28-15-11-8-7-10-14-27-20-19(3)17-23-22(24-20)29-16-12-6-5-9-13-26-4/h17H,1,5-16H2,2-4H3. The second-order valence-electron chi connectivity index (χ2n) is 7.08. The van der Waals surface area contributed by atoms with Crippen LogP contribution in [0.3, 0.4) is 0 Å². The van der Waals surface area contributed by atoms with Crippen molar-refractivity contribution in [3.05, 3.63) is 23.9 Å². The summed E-state index contributed by atoms with van der Waals surface area (Å²) in [5.41, 5.74) is 1.33. The molecule has 7 heteroatoms. The molecule has 0 radical (unpaired) electrons. The summed E-state index contributed by atoms with van der Waals surface area (Å²) in [6.45, 7) is 9.56. The van der Waals surface area contributed by atoms with Gasteiger partial charge in [0.05, 0.1) is 19.8 Å². The number of esters is 1. The number of nitrogens with zero attached hydrogens (tertiary/aromatic N) is 2. The van der Waals surface area contributed by atoms with Gasteiger partial charge in [-0.15, -0.1) is 0 Å². The second-order valence-corrected chi connectivity index (χ2v) is 7.08. The van der Waals surface area contributed by atoms with Crippen molar-refractivity contribution < 1.29 is 23.7 Å². The topological polar surface area (TPSA) is 79.8 Å². The number of aryl methyl sites for hydroxylation is 1. The molecule has 0 fully saturated rings. The van der Waals surface area contributed by atoms with Gasteiger partial charge in [-0.05, 0) is 58.8 Å². The fraction of sp³-hybridized carbons (Fsp3) is 0.682. The number of hydrogen-bond acceptors (Lipinski definition) is 7. The summed E-state index contributed by atoms with van der Waals surface area (Å²) in [6.07, 6.45) is 9.75. The van der Waals surface area contributed by atoms with Gasteiger partial charge in [-0.25, -0.2) is 9.78 Å². The van der Waals surface area contributed by atoms with Gasteiger partial charge < -0.3 is 18.9 Å². The van der Waals surface area contributed by atoms with Crippen LogP contribution < -0.4 is 9.47 Å². The smallest absolute Gasteiger partial charge is 0.333 e.